The minimum Gasteiger partial charge on any atom is -0.398 e. The highest BCUT2D eigenvalue weighted by Crippen LogP contribution is 2.30. The Labute approximate surface area is 119 Å². The van der Waals surface area contributed by atoms with Crippen LogP contribution < -0.4 is 10.5 Å². The Morgan fingerprint density at radius 3 is 2.79 bits per heavy atom. The summed E-state index contributed by atoms with van der Waals surface area (Å²) >= 11 is 1.73. The molecule has 3 N–H and O–H groups in total. The van der Waals surface area contributed by atoms with Gasteiger partial charge in [0.2, 0.25) is 10.0 Å². The highest BCUT2D eigenvalue weighted by atomic mass is 32.2. The number of hydrogen-bond acceptors (Lipinski definition) is 4. The van der Waals surface area contributed by atoms with Gasteiger partial charge in [0.25, 0.3) is 0 Å². The fourth-order valence-electron chi connectivity index (χ4n) is 2.53. The fraction of sp³-hybridized carbons (Fsp3) is 0.538. The Bertz CT molecular complexity index is 558. The molecular formula is C13H20N2O2S2. The van der Waals surface area contributed by atoms with Gasteiger partial charge in [-0.1, -0.05) is 12.5 Å². The van der Waals surface area contributed by atoms with E-state index in [1.807, 2.05) is 6.26 Å². The average Bonchev–Trinajstić information content (AvgIpc) is 2.78. The van der Waals surface area contributed by atoms with E-state index in [1.165, 1.54) is 0 Å². The molecule has 6 heteroatoms. The lowest BCUT2D eigenvalue weighted by Gasteiger charge is -2.20. The molecule has 0 radical (unpaired) electrons. The van der Waals surface area contributed by atoms with Crippen molar-refractivity contribution in [2.45, 2.75) is 42.4 Å². The molecule has 2 rings (SSSR count). The molecular weight excluding hydrogens is 280 g/mol. The molecule has 1 aliphatic carbocycles. The number of nitrogens with two attached hydrogens (primary N) is 1. The highest BCUT2D eigenvalue weighted by molar-refractivity contribution is 7.99. The molecule has 0 spiro atoms. The molecule has 0 aromatic heterocycles. The van der Waals surface area contributed by atoms with Gasteiger partial charge in [0, 0.05) is 17.0 Å². The normalized spacial score (nSPS) is 23.7. The van der Waals surface area contributed by atoms with E-state index >= 15 is 0 Å². The smallest absolute Gasteiger partial charge is 0.241 e. The standard InChI is InChI=1S/C13H20N2O2S2/c1-9-10(14)5-3-8-13(9)19(16,17)15-11-6-4-7-12(11)18-2/h3,5,8,11-12,15H,4,6-7,14H2,1-2H3. The van der Waals surface area contributed by atoms with E-state index in [0.29, 0.717) is 21.4 Å². The summed E-state index contributed by atoms with van der Waals surface area (Å²) in [4.78, 5) is 0.291. The Hall–Kier alpha value is -0.720. The van der Waals surface area contributed by atoms with Gasteiger partial charge in [0.15, 0.2) is 0 Å². The van der Waals surface area contributed by atoms with Gasteiger partial charge in [-0.3, -0.25) is 0 Å². The van der Waals surface area contributed by atoms with E-state index in [-0.39, 0.29) is 6.04 Å². The number of hydrogen-bond donors (Lipinski definition) is 2. The highest BCUT2D eigenvalue weighted by Gasteiger charge is 2.31. The molecule has 0 bridgehead atoms. The number of benzene rings is 1. The number of anilines is 1. The zero-order valence-electron chi connectivity index (χ0n) is 11.2. The molecule has 4 nitrogen and oxygen atoms in total. The van der Waals surface area contributed by atoms with E-state index < -0.39 is 10.0 Å². The fourth-order valence-corrected chi connectivity index (χ4v) is 5.14. The number of thioether (sulfide) groups is 1. The largest absolute Gasteiger partial charge is 0.398 e. The van der Waals surface area contributed by atoms with E-state index in [9.17, 15) is 8.42 Å². The lowest BCUT2D eigenvalue weighted by molar-refractivity contribution is 0.555. The van der Waals surface area contributed by atoms with E-state index in [1.54, 1.807) is 36.9 Å². The first-order valence-corrected chi connectivity index (χ1v) is 9.13. The molecule has 1 aliphatic rings. The number of sulfonamides is 1. The molecule has 2 unspecified atom stereocenters. The van der Waals surface area contributed by atoms with Crippen LogP contribution in [0.3, 0.4) is 0 Å². The molecule has 106 valence electrons. The summed E-state index contributed by atoms with van der Waals surface area (Å²) in [5, 5.41) is 0.371. The van der Waals surface area contributed by atoms with Crippen LogP contribution in [0.2, 0.25) is 0 Å². The zero-order valence-corrected chi connectivity index (χ0v) is 12.9. The van der Waals surface area contributed by atoms with E-state index in [4.69, 9.17) is 5.73 Å². The number of nitrogen functional groups attached to an aromatic ring is 1. The third-order valence-electron chi connectivity index (χ3n) is 3.68. The van der Waals surface area contributed by atoms with Gasteiger partial charge < -0.3 is 5.73 Å². The molecule has 0 heterocycles. The Morgan fingerprint density at radius 2 is 2.11 bits per heavy atom. The van der Waals surface area contributed by atoms with Gasteiger partial charge >= 0.3 is 0 Å². The van der Waals surface area contributed by atoms with Crippen LogP contribution in [-0.4, -0.2) is 26.0 Å². The molecule has 0 aliphatic heterocycles. The maximum absolute atomic E-state index is 12.4. The third-order valence-corrected chi connectivity index (χ3v) is 6.48. The van der Waals surface area contributed by atoms with Gasteiger partial charge in [0.1, 0.15) is 0 Å². The Morgan fingerprint density at radius 1 is 1.37 bits per heavy atom. The van der Waals surface area contributed by atoms with Crippen molar-refractivity contribution >= 4 is 27.5 Å². The summed E-state index contributed by atoms with van der Waals surface area (Å²) < 4.78 is 27.7. The first-order valence-electron chi connectivity index (χ1n) is 6.36. The van der Waals surface area contributed by atoms with Crippen molar-refractivity contribution < 1.29 is 8.42 Å². The van der Waals surface area contributed by atoms with Gasteiger partial charge in [-0.2, -0.15) is 11.8 Å². The topological polar surface area (TPSA) is 72.2 Å². The molecule has 0 saturated heterocycles. The Kier molecular flexibility index (Phi) is 4.43. The second kappa shape index (κ2) is 5.73. The van der Waals surface area contributed by atoms with Crippen molar-refractivity contribution in [1.29, 1.82) is 0 Å². The van der Waals surface area contributed by atoms with Crippen LogP contribution in [0.4, 0.5) is 5.69 Å². The minimum atomic E-state index is -3.48. The lowest BCUT2D eigenvalue weighted by Crippen LogP contribution is -2.38. The number of rotatable bonds is 4. The lowest BCUT2D eigenvalue weighted by atomic mass is 10.2. The van der Waals surface area contributed by atoms with Gasteiger partial charge in [-0.15, -0.1) is 0 Å². The summed E-state index contributed by atoms with van der Waals surface area (Å²) in [6.07, 6.45) is 5.09. The van der Waals surface area contributed by atoms with Crippen molar-refractivity contribution in [3.8, 4) is 0 Å². The van der Waals surface area contributed by atoms with Gasteiger partial charge in [0.05, 0.1) is 4.90 Å². The van der Waals surface area contributed by atoms with E-state index in [2.05, 4.69) is 4.72 Å². The summed E-state index contributed by atoms with van der Waals surface area (Å²) in [7, 11) is -3.48. The van der Waals surface area contributed by atoms with Gasteiger partial charge in [-0.05, 0) is 43.7 Å². The van der Waals surface area contributed by atoms with Crippen molar-refractivity contribution in [3.63, 3.8) is 0 Å². The molecule has 2 atom stereocenters. The molecule has 1 fully saturated rings. The van der Waals surface area contributed by atoms with Crippen molar-refractivity contribution in [1.82, 2.24) is 4.72 Å². The molecule has 1 aromatic rings. The first kappa shape index (κ1) is 14.7. The van der Waals surface area contributed by atoms with Crippen LogP contribution in [0.25, 0.3) is 0 Å². The SMILES string of the molecule is CSC1CCCC1NS(=O)(=O)c1cccc(N)c1C. The van der Waals surface area contributed by atoms with Gasteiger partial charge in [-0.25, -0.2) is 13.1 Å². The summed E-state index contributed by atoms with van der Waals surface area (Å²) in [6, 6.07) is 5.03. The van der Waals surface area contributed by atoms with Crippen LogP contribution in [0.5, 0.6) is 0 Å². The molecule has 19 heavy (non-hydrogen) atoms. The predicted molar refractivity (Wildman–Crippen MR) is 80.9 cm³/mol. The maximum Gasteiger partial charge on any atom is 0.241 e. The molecule has 0 amide bonds. The quantitative estimate of drug-likeness (QED) is 0.836. The second-order valence-electron chi connectivity index (χ2n) is 4.90. The van der Waals surface area contributed by atoms with Crippen LogP contribution in [-0.2, 0) is 10.0 Å². The molecule has 1 aromatic carbocycles. The maximum atomic E-state index is 12.4. The second-order valence-corrected chi connectivity index (χ2v) is 7.66. The van der Waals surface area contributed by atoms with Crippen LogP contribution in [0.1, 0.15) is 24.8 Å². The van der Waals surface area contributed by atoms with Crippen LogP contribution in [0.15, 0.2) is 23.1 Å². The Balaban J connectivity index is 2.25. The monoisotopic (exact) mass is 300 g/mol. The predicted octanol–water partition coefficient (Wildman–Crippen LogP) is 2.14. The minimum absolute atomic E-state index is 0.0285. The summed E-state index contributed by atoms with van der Waals surface area (Å²) in [5.74, 6) is 0. The first-order chi connectivity index (χ1) is 8.95. The van der Waals surface area contributed by atoms with Crippen molar-refractivity contribution in [2.75, 3.05) is 12.0 Å². The summed E-state index contributed by atoms with van der Waals surface area (Å²) in [5.41, 5.74) is 6.91. The van der Waals surface area contributed by atoms with Crippen LogP contribution >= 0.6 is 11.8 Å². The molecule has 1 saturated carbocycles. The third kappa shape index (κ3) is 3.07. The van der Waals surface area contributed by atoms with Crippen molar-refractivity contribution in [2.24, 2.45) is 0 Å². The zero-order chi connectivity index (χ0) is 14.0. The number of nitrogens with one attached hydrogen (secondary N) is 1. The van der Waals surface area contributed by atoms with Crippen molar-refractivity contribution in [3.05, 3.63) is 23.8 Å². The average molecular weight is 300 g/mol. The van der Waals surface area contributed by atoms with Crippen LogP contribution in [0, 0.1) is 6.92 Å². The van der Waals surface area contributed by atoms with E-state index in [0.717, 1.165) is 19.3 Å². The summed E-state index contributed by atoms with van der Waals surface area (Å²) in [6.45, 7) is 1.74.